The largest absolute Gasteiger partial charge is 1.00 e. The molecule has 0 aromatic carbocycles. The molecule has 0 spiro atoms. The molecule has 0 aromatic rings. The fourth-order valence-electron chi connectivity index (χ4n) is 0.628. The van der Waals surface area contributed by atoms with E-state index in [1.54, 1.807) is 6.92 Å². The normalized spacial score (nSPS) is 9.36. The third-order valence-corrected chi connectivity index (χ3v) is 1.18. The van der Waals surface area contributed by atoms with E-state index in [1.165, 1.54) is 0 Å². The third kappa shape index (κ3) is 8.46. The van der Waals surface area contributed by atoms with Crippen LogP contribution in [0.2, 0.25) is 0 Å². The van der Waals surface area contributed by atoms with E-state index in [0.29, 0.717) is 0 Å². The van der Waals surface area contributed by atoms with Crippen LogP contribution in [0.25, 0.3) is 0 Å². The number of carboxylic acids is 1. The number of hydrogen-bond acceptors (Lipinski definition) is 5. The second-order valence-corrected chi connectivity index (χ2v) is 2.30. The minimum absolute atomic E-state index is 0. The number of rotatable bonds is 6. The molecule has 14 heavy (non-hydrogen) atoms. The Morgan fingerprint density at radius 3 is 2.43 bits per heavy atom. The van der Waals surface area contributed by atoms with Crippen molar-refractivity contribution in [2.45, 2.75) is 13.3 Å². The Morgan fingerprint density at radius 2 is 2.07 bits per heavy atom. The van der Waals surface area contributed by atoms with Gasteiger partial charge in [-0.3, -0.25) is 9.59 Å². The number of carboxylic acid groups (broad SMARTS) is 1. The van der Waals surface area contributed by atoms with Crippen molar-refractivity contribution in [3.05, 3.63) is 0 Å². The van der Waals surface area contributed by atoms with Gasteiger partial charge in [-0.15, -0.1) is 5.06 Å². The smallest absolute Gasteiger partial charge is 1.00 e. The molecule has 0 bridgehead atoms. The van der Waals surface area contributed by atoms with Crippen LogP contribution < -0.4 is 29.6 Å². The average molecular weight is 215 g/mol. The zero-order valence-corrected chi connectivity index (χ0v) is 10.4. The van der Waals surface area contributed by atoms with Crippen molar-refractivity contribution in [1.29, 1.82) is 0 Å². The van der Waals surface area contributed by atoms with Crippen molar-refractivity contribution in [3.63, 3.8) is 0 Å². The van der Waals surface area contributed by atoms with Crippen molar-refractivity contribution in [2.24, 2.45) is 0 Å². The summed E-state index contributed by atoms with van der Waals surface area (Å²) >= 11 is 0. The van der Waals surface area contributed by atoms with E-state index < -0.39 is 18.5 Å². The van der Waals surface area contributed by atoms with Crippen molar-refractivity contribution in [3.8, 4) is 0 Å². The second kappa shape index (κ2) is 9.42. The zero-order chi connectivity index (χ0) is 10.3. The van der Waals surface area contributed by atoms with E-state index in [0.717, 1.165) is 5.06 Å². The molecular formula is C7H14NNaO5. The average Bonchev–Trinajstić information content (AvgIpc) is 2.03. The summed E-state index contributed by atoms with van der Waals surface area (Å²) in [6, 6.07) is 0. The van der Waals surface area contributed by atoms with Crippen LogP contribution in [0.3, 0.4) is 0 Å². The molecule has 0 unspecified atom stereocenters. The van der Waals surface area contributed by atoms with E-state index >= 15 is 0 Å². The molecule has 0 fully saturated rings. The van der Waals surface area contributed by atoms with Crippen molar-refractivity contribution < 1.29 is 55.6 Å². The Kier molecular flexibility index (Phi) is 11.0. The number of hydrogen-bond donors (Lipinski definition) is 2. The number of aliphatic hydroxyl groups is 1. The van der Waals surface area contributed by atoms with Gasteiger partial charge in [-0.25, -0.2) is 0 Å². The van der Waals surface area contributed by atoms with Crippen molar-refractivity contribution in [1.82, 2.24) is 5.06 Å². The fraction of sp³-hybridized carbons (Fsp3) is 0.714. The number of carbonyl (C=O) groups excluding carboxylic acids is 1. The first-order chi connectivity index (χ1) is 6.10. The molecule has 0 amide bonds. The molecule has 0 heterocycles. The van der Waals surface area contributed by atoms with Crippen LogP contribution in [0.5, 0.6) is 0 Å². The molecule has 6 nitrogen and oxygen atoms in total. The monoisotopic (exact) mass is 215 g/mol. The van der Waals surface area contributed by atoms with Crippen molar-refractivity contribution >= 4 is 11.9 Å². The van der Waals surface area contributed by atoms with E-state index in [-0.39, 0.29) is 50.6 Å². The predicted octanol–water partition coefficient (Wildman–Crippen LogP) is -3.65. The molecule has 2 N–H and O–H groups in total. The van der Waals surface area contributed by atoms with Gasteiger partial charge in [0.05, 0.1) is 13.2 Å². The topological polar surface area (TPSA) is 87.1 Å². The number of hydroxylamine groups is 2. The van der Waals surface area contributed by atoms with Crippen LogP contribution >= 0.6 is 0 Å². The van der Waals surface area contributed by atoms with Crippen LogP contribution in [0.1, 0.15) is 14.8 Å². The van der Waals surface area contributed by atoms with Gasteiger partial charge in [0.15, 0.2) is 0 Å². The van der Waals surface area contributed by atoms with E-state index in [1.807, 2.05) is 0 Å². The third-order valence-electron chi connectivity index (χ3n) is 1.18. The number of carbonyl (C=O) groups is 2. The van der Waals surface area contributed by atoms with Gasteiger partial charge in [0.25, 0.3) is 0 Å². The molecule has 0 aliphatic rings. The predicted molar refractivity (Wildman–Crippen MR) is 43.8 cm³/mol. The minimum atomic E-state index is -1.11. The molecule has 0 aromatic heterocycles. The summed E-state index contributed by atoms with van der Waals surface area (Å²) in [6.07, 6.45) is 0.168. The summed E-state index contributed by atoms with van der Waals surface area (Å²) in [5.74, 6) is -1.63. The van der Waals surface area contributed by atoms with Crippen LogP contribution in [0.15, 0.2) is 0 Å². The van der Waals surface area contributed by atoms with E-state index in [4.69, 9.17) is 10.2 Å². The Bertz CT molecular complexity index is 192. The molecule has 0 aliphatic heterocycles. The van der Waals surface area contributed by atoms with Crippen LogP contribution in [-0.4, -0.2) is 46.9 Å². The van der Waals surface area contributed by atoms with Crippen LogP contribution in [0.4, 0.5) is 0 Å². The molecule has 78 valence electrons. The van der Waals surface area contributed by atoms with Gasteiger partial charge in [-0.05, 0) is 0 Å². The maximum Gasteiger partial charge on any atom is 1.00 e. The van der Waals surface area contributed by atoms with Gasteiger partial charge >= 0.3 is 41.5 Å². The quantitative estimate of drug-likeness (QED) is 0.351. The number of aliphatic carboxylic acids is 1. The summed E-state index contributed by atoms with van der Waals surface area (Å²) in [5.41, 5.74) is 0. The fourth-order valence-corrected chi connectivity index (χ4v) is 0.628. The number of aliphatic hydroxyl groups excluding tert-OH is 1. The Balaban J connectivity index is -0.000000720. The van der Waals surface area contributed by atoms with E-state index in [9.17, 15) is 9.59 Å². The molecule has 0 saturated carbocycles. The molecule has 0 radical (unpaired) electrons. The van der Waals surface area contributed by atoms with E-state index in [2.05, 4.69) is 4.84 Å². The molecule has 0 aliphatic carbocycles. The summed E-state index contributed by atoms with van der Waals surface area (Å²) in [6.45, 7) is 0.912. The zero-order valence-electron chi connectivity index (χ0n) is 9.39. The van der Waals surface area contributed by atoms with Gasteiger partial charge in [0.1, 0.15) is 6.54 Å². The van der Waals surface area contributed by atoms with Crippen LogP contribution in [0, 0.1) is 0 Å². The standard InChI is InChI=1S/C7H13NO5.Na.H/c1-2-7(12)13-8(3-4-9)5-6(10)11;;/h9H,2-5H2,1H3,(H,10,11);;/q;+1;-1. The van der Waals surface area contributed by atoms with Crippen molar-refractivity contribution in [2.75, 3.05) is 19.7 Å². The molecule has 7 heteroatoms. The first-order valence-electron chi connectivity index (χ1n) is 3.88. The van der Waals surface area contributed by atoms with Gasteiger partial charge in [-0.2, -0.15) is 0 Å². The van der Waals surface area contributed by atoms with Crippen LogP contribution in [-0.2, 0) is 14.4 Å². The maximum absolute atomic E-state index is 10.7. The van der Waals surface area contributed by atoms with Gasteiger partial charge in [0.2, 0.25) is 0 Å². The molecule has 0 atom stereocenters. The first-order valence-corrected chi connectivity index (χ1v) is 3.88. The maximum atomic E-state index is 10.7. The second-order valence-electron chi connectivity index (χ2n) is 2.30. The number of nitrogens with zero attached hydrogens (tertiary/aromatic N) is 1. The summed E-state index contributed by atoms with van der Waals surface area (Å²) in [7, 11) is 0. The summed E-state index contributed by atoms with van der Waals surface area (Å²) in [4.78, 5) is 25.6. The first kappa shape index (κ1) is 16.3. The van der Waals surface area contributed by atoms with Gasteiger partial charge < -0.3 is 16.5 Å². The summed E-state index contributed by atoms with van der Waals surface area (Å²) in [5, 5.41) is 17.8. The Labute approximate surface area is 106 Å². The summed E-state index contributed by atoms with van der Waals surface area (Å²) < 4.78 is 0. The minimum Gasteiger partial charge on any atom is -1.00 e. The Morgan fingerprint density at radius 1 is 1.50 bits per heavy atom. The van der Waals surface area contributed by atoms with Gasteiger partial charge in [0, 0.05) is 6.42 Å². The SMILES string of the molecule is CCC(=O)ON(CCO)CC(=O)O.[H-].[Na+]. The molecule has 0 saturated heterocycles. The molecular weight excluding hydrogens is 201 g/mol. The molecule has 0 rings (SSSR count). The Hall–Kier alpha value is -0.140. The van der Waals surface area contributed by atoms with Gasteiger partial charge in [-0.1, -0.05) is 6.92 Å².